The maximum Gasteiger partial charge on any atom is 0.472 e. The highest BCUT2D eigenvalue weighted by molar-refractivity contribution is 7.47. The predicted octanol–water partition coefficient (Wildman–Crippen LogP) is 21.0. The summed E-state index contributed by atoms with van der Waals surface area (Å²) < 4.78 is 34.6. The molecule has 458 valence electrons. The van der Waals surface area contributed by atoms with E-state index in [1.54, 1.807) is 0 Å². The van der Waals surface area contributed by atoms with Gasteiger partial charge in [0.05, 0.1) is 27.7 Å². The van der Waals surface area contributed by atoms with E-state index in [4.69, 9.17) is 18.5 Å². The highest BCUT2D eigenvalue weighted by Crippen LogP contribution is 2.43. The Morgan fingerprint density at radius 3 is 1.09 bits per heavy atom. The molecule has 0 saturated heterocycles. The molecular weight excluding hydrogens is 1000 g/mol. The van der Waals surface area contributed by atoms with Gasteiger partial charge in [0.2, 0.25) is 0 Å². The molecule has 0 amide bonds. The molecule has 9 nitrogen and oxygen atoms in total. The Morgan fingerprint density at radius 1 is 0.405 bits per heavy atom. The van der Waals surface area contributed by atoms with E-state index in [9.17, 15) is 19.0 Å². The summed E-state index contributed by atoms with van der Waals surface area (Å²) in [5, 5.41) is 0. The van der Waals surface area contributed by atoms with E-state index in [1.165, 1.54) is 186 Å². The van der Waals surface area contributed by atoms with Gasteiger partial charge in [0, 0.05) is 12.8 Å². The van der Waals surface area contributed by atoms with Gasteiger partial charge in [-0.2, -0.15) is 0 Å². The third kappa shape index (κ3) is 64.2. The quantitative estimate of drug-likeness (QED) is 0.0211. The van der Waals surface area contributed by atoms with Crippen LogP contribution in [0.1, 0.15) is 290 Å². The van der Waals surface area contributed by atoms with Crippen molar-refractivity contribution in [2.75, 3.05) is 47.5 Å². The summed E-state index contributed by atoms with van der Waals surface area (Å²) in [5.74, 6) is -0.793. The van der Waals surface area contributed by atoms with Crippen LogP contribution in [-0.4, -0.2) is 74.9 Å². The minimum Gasteiger partial charge on any atom is -0.462 e. The van der Waals surface area contributed by atoms with Crippen LogP contribution in [0, 0.1) is 0 Å². The number of nitrogens with zero attached hydrogens (tertiary/aromatic N) is 1. The normalized spacial score (nSPS) is 13.7. The number of unbranched alkanes of at least 4 members (excludes halogenated alkanes) is 32. The van der Waals surface area contributed by atoms with Crippen LogP contribution in [0.25, 0.3) is 0 Å². The molecule has 0 spiro atoms. The van der Waals surface area contributed by atoms with Gasteiger partial charge in [-0.15, -0.1) is 0 Å². The molecule has 79 heavy (non-hydrogen) atoms. The van der Waals surface area contributed by atoms with Crippen molar-refractivity contribution in [3.8, 4) is 0 Å². The smallest absolute Gasteiger partial charge is 0.462 e. The summed E-state index contributed by atoms with van der Waals surface area (Å²) >= 11 is 0. The number of esters is 2. The van der Waals surface area contributed by atoms with Crippen molar-refractivity contribution < 1.29 is 42.1 Å². The first-order chi connectivity index (χ1) is 38.5. The van der Waals surface area contributed by atoms with Crippen molar-refractivity contribution in [2.24, 2.45) is 0 Å². The van der Waals surface area contributed by atoms with Crippen LogP contribution in [0.5, 0.6) is 0 Å². The molecular formula is C69H125NO8P+. The molecule has 0 rings (SSSR count). The summed E-state index contributed by atoms with van der Waals surface area (Å²) in [6.07, 6.45) is 81.0. The molecule has 0 bridgehead atoms. The Balaban J connectivity index is 4.01. The lowest BCUT2D eigenvalue weighted by molar-refractivity contribution is -0.870. The molecule has 0 aliphatic rings. The third-order valence-electron chi connectivity index (χ3n) is 14.2. The first-order valence-electron chi connectivity index (χ1n) is 32.8. The summed E-state index contributed by atoms with van der Waals surface area (Å²) in [7, 11) is 1.48. The Bertz CT molecular complexity index is 1610. The minimum atomic E-state index is -4.39. The van der Waals surface area contributed by atoms with Gasteiger partial charge in [0.1, 0.15) is 19.8 Å². The van der Waals surface area contributed by atoms with E-state index in [0.717, 1.165) is 70.6 Å². The van der Waals surface area contributed by atoms with Crippen LogP contribution in [-0.2, 0) is 32.7 Å². The number of hydrogen-bond acceptors (Lipinski definition) is 7. The second-order valence-electron chi connectivity index (χ2n) is 23.1. The Morgan fingerprint density at radius 2 is 0.722 bits per heavy atom. The highest BCUT2D eigenvalue weighted by atomic mass is 31.2. The molecule has 0 radical (unpaired) electrons. The van der Waals surface area contributed by atoms with Crippen LogP contribution >= 0.6 is 7.82 Å². The van der Waals surface area contributed by atoms with Gasteiger partial charge >= 0.3 is 19.8 Å². The molecule has 0 aliphatic heterocycles. The molecule has 0 fully saturated rings. The molecule has 0 aromatic carbocycles. The average Bonchev–Trinajstić information content (AvgIpc) is 3.41. The van der Waals surface area contributed by atoms with Crippen molar-refractivity contribution in [2.45, 2.75) is 296 Å². The number of hydrogen-bond donors (Lipinski definition) is 1. The maximum absolute atomic E-state index is 12.8. The number of ether oxygens (including phenoxy) is 2. The summed E-state index contributed by atoms with van der Waals surface area (Å²) in [4.78, 5) is 35.8. The number of allylic oxidation sites excluding steroid dienone is 14. The number of likely N-dealkylation sites (N-methyl/N-ethyl adjacent to an activating group) is 1. The van der Waals surface area contributed by atoms with E-state index in [0.29, 0.717) is 17.4 Å². The first kappa shape index (κ1) is 76.2. The molecule has 2 atom stereocenters. The van der Waals surface area contributed by atoms with E-state index < -0.39 is 26.5 Å². The molecule has 0 aliphatic carbocycles. The highest BCUT2D eigenvalue weighted by Gasteiger charge is 2.27. The maximum atomic E-state index is 12.8. The fraction of sp³-hybridized carbons (Fsp3) is 0.768. The summed E-state index contributed by atoms with van der Waals surface area (Å²) in [6.45, 7) is 4.34. The second-order valence-corrected chi connectivity index (χ2v) is 24.6. The van der Waals surface area contributed by atoms with Crippen LogP contribution < -0.4 is 0 Å². The molecule has 1 N–H and O–H groups in total. The molecule has 0 heterocycles. The van der Waals surface area contributed by atoms with Crippen molar-refractivity contribution in [3.05, 3.63) is 85.1 Å². The van der Waals surface area contributed by atoms with Crippen molar-refractivity contribution in [1.82, 2.24) is 0 Å². The van der Waals surface area contributed by atoms with Gasteiger partial charge in [-0.3, -0.25) is 18.6 Å². The lowest BCUT2D eigenvalue weighted by Gasteiger charge is -2.24. The third-order valence-corrected chi connectivity index (χ3v) is 15.1. The zero-order chi connectivity index (χ0) is 57.7. The molecule has 2 unspecified atom stereocenters. The fourth-order valence-corrected chi connectivity index (χ4v) is 9.88. The molecule has 0 aromatic heterocycles. The Kier molecular flexibility index (Phi) is 57.7. The average molecular weight is 1130 g/mol. The number of rotatable bonds is 60. The van der Waals surface area contributed by atoms with Crippen LogP contribution in [0.4, 0.5) is 0 Å². The van der Waals surface area contributed by atoms with Crippen LogP contribution in [0.15, 0.2) is 85.1 Å². The number of phosphoric ester groups is 1. The van der Waals surface area contributed by atoms with Crippen LogP contribution in [0.3, 0.4) is 0 Å². The predicted molar refractivity (Wildman–Crippen MR) is 339 cm³/mol. The monoisotopic (exact) mass is 1130 g/mol. The first-order valence-corrected chi connectivity index (χ1v) is 34.3. The van der Waals surface area contributed by atoms with Gasteiger partial charge in [0.25, 0.3) is 0 Å². The second kappa shape index (κ2) is 59.8. The standard InChI is InChI=1S/C69H124NO8P/c1-6-8-10-12-14-16-18-20-22-24-26-27-28-29-30-31-32-33-34-35-36-37-38-39-40-41-42-43-44-46-48-50-52-54-56-58-60-62-69(72)78-67(66-77-79(73,74)76-64-63-70(3,4)5)65-75-68(71)61-59-57-55-53-51-49-47-45-25-23-21-19-17-15-13-11-9-7-2/h8,10,14,16,20,22-23,25-27,29-30,32-33,67H,6-7,9,11-13,15,17-19,21,24,28,31,34-66H2,1-5H3/p+1/b10-8-,16-14-,22-20-,25-23-,27-26-,30-29-,33-32-. The summed E-state index contributed by atoms with van der Waals surface area (Å²) in [6, 6.07) is 0. The van der Waals surface area contributed by atoms with E-state index >= 15 is 0 Å². The molecule has 10 heteroatoms. The van der Waals surface area contributed by atoms with Gasteiger partial charge in [-0.05, 0) is 89.9 Å². The molecule has 0 aromatic rings. The van der Waals surface area contributed by atoms with Gasteiger partial charge in [-0.1, -0.05) is 272 Å². The Hall–Kier alpha value is -2.81. The van der Waals surface area contributed by atoms with E-state index in [1.807, 2.05) is 21.1 Å². The van der Waals surface area contributed by atoms with Crippen molar-refractivity contribution in [3.63, 3.8) is 0 Å². The van der Waals surface area contributed by atoms with Gasteiger partial charge in [-0.25, -0.2) is 4.57 Å². The minimum absolute atomic E-state index is 0.0303. The largest absolute Gasteiger partial charge is 0.472 e. The number of carbonyl (C=O) groups excluding carboxylic acids is 2. The van der Waals surface area contributed by atoms with Crippen LogP contribution in [0.2, 0.25) is 0 Å². The Labute approximate surface area is 488 Å². The number of carbonyl (C=O) groups is 2. The summed E-state index contributed by atoms with van der Waals surface area (Å²) in [5.41, 5.74) is 0. The number of quaternary nitrogens is 1. The van der Waals surface area contributed by atoms with Gasteiger partial charge < -0.3 is 18.9 Å². The SMILES string of the molecule is CC/C=C\C/C=C\C/C=C\C/C=C\C/C=C\C/C=C\CCCCCCCCCCCCCCCCCCCCC(=O)OC(COC(=O)CCCCCCCCC/C=C\CCCCCCCCC)COP(=O)(O)OCC[N+](C)(C)C. The topological polar surface area (TPSA) is 108 Å². The van der Waals surface area contributed by atoms with E-state index in [2.05, 4.69) is 98.9 Å². The zero-order valence-corrected chi connectivity index (χ0v) is 53.0. The lowest BCUT2D eigenvalue weighted by atomic mass is 10.0. The lowest BCUT2D eigenvalue weighted by Crippen LogP contribution is -2.37. The van der Waals surface area contributed by atoms with Crippen molar-refractivity contribution >= 4 is 19.8 Å². The zero-order valence-electron chi connectivity index (χ0n) is 52.1. The van der Waals surface area contributed by atoms with Gasteiger partial charge in [0.15, 0.2) is 6.10 Å². The van der Waals surface area contributed by atoms with E-state index in [-0.39, 0.29) is 32.0 Å². The molecule has 0 saturated carbocycles. The fourth-order valence-electron chi connectivity index (χ4n) is 9.13. The number of phosphoric acid groups is 1. The van der Waals surface area contributed by atoms with Crippen molar-refractivity contribution in [1.29, 1.82) is 0 Å².